The van der Waals surface area contributed by atoms with E-state index in [4.69, 9.17) is 16.5 Å². The summed E-state index contributed by atoms with van der Waals surface area (Å²) in [6, 6.07) is 20.0. The molecule has 2 aromatic carbocycles. The maximum Gasteiger partial charge on any atom is 0.211 e. The van der Waals surface area contributed by atoms with E-state index >= 15 is 0 Å². The molecule has 3 heterocycles. The van der Waals surface area contributed by atoms with Crippen molar-refractivity contribution in [3.63, 3.8) is 0 Å². The summed E-state index contributed by atoms with van der Waals surface area (Å²) in [5.74, 6) is 0.652. The van der Waals surface area contributed by atoms with E-state index in [1.165, 1.54) is 5.56 Å². The molecule has 0 amide bonds. The third-order valence-corrected chi connectivity index (χ3v) is 6.55. The first-order valence-electron chi connectivity index (χ1n) is 11.7. The number of para-hydroxylation sites is 1. The number of anilines is 4. The predicted molar refractivity (Wildman–Crippen MR) is 140 cm³/mol. The Labute approximate surface area is 209 Å². The number of aromatic nitrogens is 1. The van der Waals surface area contributed by atoms with E-state index in [-0.39, 0.29) is 23.0 Å². The van der Waals surface area contributed by atoms with E-state index in [0.29, 0.717) is 11.4 Å². The maximum absolute atomic E-state index is 9.61. The van der Waals surface area contributed by atoms with Crippen LogP contribution in [0, 0.1) is 22.8 Å². The van der Waals surface area contributed by atoms with E-state index in [1.54, 1.807) is 0 Å². The number of nitriles is 2. The minimum atomic E-state index is -0.573. The van der Waals surface area contributed by atoms with Crippen molar-refractivity contribution in [2.45, 2.75) is 12.6 Å². The molecule has 0 aliphatic carbocycles. The van der Waals surface area contributed by atoms with Crippen LogP contribution in [0.2, 0.25) is 0 Å². The topological polar surface area (TPSA) is 155 Å². The lowest BCUT2D eigenvalue weighted by atomic mass is 9.93. The fourth-order valence-electron chi connectivity index (χ4n) is 4.80. The molecule has 1 unspecified atom stereocenters. The van der Waals surface area contributed by atoms with Crippen LogP contribution in [0.1, 0.15) is 28.3 Å². The van der Waals surface area contributed by atoms with Gasteiger partial charge in [-0.3, -0.25) is 10.2 Å². The normalized spacial score (nSPS) is 17.2. The number of fused-ring (bicyclic) bond motifs is 1. The summed E-state index contributed by atoms with van der Waals surface area (Å²) in [4.78, 5) is 13.9. The van der Waals surface area contributed by atoms with Crippen LogP contribution in [0.25, 0.3) is 0 Å². The number of pyridine rings is 1. The Kier molecular flexibility index (Phi) is 6.27. The van der Waals surface area contributed by atoms with E-state index < -0.39 is 6.04 Å². The van der Waals surface area contributed by atoms with Gasteiger partial charge in [-0.2, -0.15) is 10.5 Å². The van der Waals surface area contributed by atoms with Crippen molar-refractivity contribution in [3.8, 4) is 12.3 Å². The molecule has 1 saturated heterocycles. The van der Waals surface area contributed by atoms with Crippen molar-refractivity contribution < 1.29 is 0 Å². The number of benzene rings is 2. The highest BCUT2D eigenvalue weighted by Gasteiger charge is 2.32. The Balaban J connectivity index is 1.47. The van der Waals surface area contributed by atoms with Gasteiger partial charge in [-0.15, -0.1) is 0 Å². The molecule has 6 N–H and O–H groups in total. The number of nitrogens with two attached hydrogens (primary N) is 2. The highest BCUT2D eigenvalue weighted by Crippen LogP contribution is 2.43. The van der Waals surface area contributed by atoms with Crippen molar-refractivity contribution in [1.29, 1.82) is 10.5 Å². The fraction of sp³-hybridized carbons (Fsp3) is 0.231. The number of nitrogens with zero attached hydrogens (tertiary/aromatic N) is 6. The lowest BCUT2D eigenvalue weighted by Crippen LogP contribution is -2.46. The van der Waals surface area contributed by atoms with Gasteiger partial charge in [0.15, 0.2) is 6.19 Å². The van der Waals surface area contributed by atoms with E-state index in [9.17, 15) is 10.5 Å². The molecule has 0 radical (unpaired) electrons. The van der Waals surface area contributed by atoms with Crippen LogP contribution in [0.3, 0.4) is 0 Å². The van der Waals surface area contributed by atoms with Gasteiger partial charge < -0.3 is 21.7 Å². The minimum absolute atomic E-state index is 0.0287. The van der Waals surface area contributed by atoms with Crippen LogP contribution in [-0.4, -0.2) is 42.0 Å². The standard InChI is InChI=1S/C26H26N10/c27-14-19-22(29)21-23(32-26(31-16-28)34-25(21)33-24(19)30)18-8-4-5-9-20(18)36-12-10-35(11-13-36)15-17-6-2-1-3-7-17/h1-9,23H,10-13,15H2,(H6,29,30,31,32,33,34). The largest absolute Gasteiger partial charge is 0.397 e. The number of nitrogens with one attached hydrogen (secondary N) is 2. The first kappa shape index (κ1) is 23.0. The van der Waals surface area contributed by atoms with Crippen LogP contribution in [0.4, 0.5) is 23.0 Å². The van der Waals surface area contributed by atoms with Crippen LogP contribution >= 0.6 is 0 Å². The highest BCUT2D eigenvalue weighted by atomic mass is 15.3. The Morgan fingerprint density at radius 3 is 2.44 bits per heavy atom. The summed E-state index contributed by atoms with van der Waals surface area (Å²) >= 11 is 0. The second kappa shape index (κ2) is 9.82. The Bertz CT molecular complexity index is 1380. The van der Waals surface area contributed by atoms with Gasteiger partial charge in [-0.1, -0.05) is 48.5 Å². The molecule has 36 heavy (non-hydrogen) atoms. The number of nitrogen functional groups attached to an aromatic ring is 2. The predicted octanol–water partition coefficient (Wildman–Crippen LogP) is 2.38. The number of piperazine rings is 1. The fourth-order valence-corrected chi connectivity index (χ4v) is 4.80. The molecule has 10 heteroatoms. The van der Waals surface area contributed by atoms with Crippen LogP contribution in [0.15, 0.2) is 59.6 Å². The number of rotatable bonds is 4. The summed E-state index contributed by atoms with van der Waals surface area (Å²) in [7, 11) is 0. The first-order valence-corrected chi connectivity index (χ1v) is 11.7. The number of aliphatic imine (C=N–C) groups is 1. The molecule has 5 rings (SSSR count). The lowest BCUT2D eigenvalue weighted by molar-refractivity contribution is 0.249. The molecular weight excluding hydrogens is 452 g/mol. The molecule has 1 aromatic heterocycles. The second-order valence-corrected chi connectivity index (χ2v) is 8.71. The van der Waals surface area contributed by atoms with E-state index in [0.717, 1.165) is 44.0 Å². The van der Waals surface area contributed by atoms with Gasteiger partial charge in [0.05, 0.1) is 5.69 Å². The van der Waals surface area contributed by atoms with Crippen molar-refractivity contribution in [2.75, 3.05) is 47.9 Å². The quantitative estimate of drug-likeness (QED) is 0.327. The third-order valence-electron chi connectivity index (χ3n) is 6.55. The molecule has 0 spiro atoms. The van der Waals surface area contributed by atoms with Gasteiger partial charge in [0.2, 0.25) is 5.96 Å². The number of guanidine groups is 1. The molecule has 180 valence electrons. The number of hydrogen-bond donors (Lipinski definition) is 4. The van der Waals surface area contributed by atoms with Gasteiger partial charge in [-0.25, -0.2) is 9.98 Å². The van der Waals surface area contributed by atoms with Crippen molar-refractivity contribution >= 4 is 29.0 Å². The molecule has 0 saturated carbocycles. The van der Waals surface area contributed by atoms with Crippen molar-refractivity contribution in [1.82, 2.24) is 15.2 Å². The zero-order chi connectivity index (χ0) is 25.1. The number of hydrogen-bond acceptors (Lipinski definition) is 10. The molecule has 3 aromatic rings. The average Bonchev–Trinajstić information content (AvgIpc) is 2.90. The van der Waals surface area contributed by atoms with Gasteiger partial charge >= 0.3 is 0 Å². The van der Waals surface area contributed by atoms with E-state index in [2.05, 4.69) is 61.8 Å². The smallest absolute Gasteiger partial charge is 0.211 e. The molecule has 1 atom stereocenters. The average molecular weight is 479 g/mol. The summed E-state index contributed by atoms with van der Waals surface area (Å²) in [5, 5.41) is 24.3. The Morgan fingerprint density at radius 1 is 1.00 bits per heavy atom. The minimum Gasteiger partial charge on any atom is -0.397 e. The van der Waals surface area contributed by atoms with Gasteiger partial charge in [0.1, 0.15) is 29.3 Å². The molecule has 1 fully saturated rings. The highest BCUT2D eigenvalue weighted by molar-refractivity contribution is 5.98. The van der Waals surface area contributed by atoms with Gasteiger partial charge in [0.25, 0.3) is 0 Å². The lowest BCUT2D eigenvalue weighted by Gasteiger charge is -2.38. The zero-order valence-corrected chi connectivity index (χ0v) is 19.6. The molecule has 2 aliphatic heterocycles. The monoisotopic (exact) mass is 478 g/mol. The van der Waals surface area contributed by atoms with Crippen molar-refractivity contribution in [3.05, 3.63) is 76.9 Å². The van der Waals surface area contributed by atoms with Crippen LogP contribution in [-0.2, 0) is 6.54 Å². The van der Waals surface area contributed by atoms with Crippen molar-refractivity contribution in [2.24, 2.45) is 4.99 Å². The van der Waals surface area contributed by atoms with Gasteiger partial charge in [0, 0.05) is 49.5 Å². The van der Waals surface area contributed by atoms with E-state index in [1.807, 2.05) is 30.5 Å². The molecule has 0 bridgehead atoms. The molecule has 2 aliphatic rings. The Hall–Kier alpha value is -4.80. The molecular formula is C26H26N10. The molecule has 10 nitrogen and oxygen atoms in total. The zero-order valence-electron chi connectivity index (χ0n) is 19.6. The summed E-state index contributed by atoms with van der Waals surface area (Å²) < 4.78 is 0. The van der Waals surface area contributed by atoms with Crippen LogP contribution in [0.5, 0.6) is 0 Å². The summed E-state index contributed by atoms with van der Waals surface area (Å²) in [6.45, 7) is 4.48. The Morgan fingerprint density at radius 2 is 1.72 bits per heavy atom. The third kappa shape index (κ3) is 4.33. The second-order valence-electron chi connectivity index (χ2n) is 8.71. The first-order chi connectivity index (χ1) is 17.6. The SMILES string of the molecule is N#CNC1=NC(c2ccccc2N2CCN(Cc3ccccc3)CC2)c2c(nc(N)c(C#N)c2N)N1. The van der Waals surface area contributed by atoms with Gasteiger partial charge in [-0.05, 0) is 11.6 Å². The van der Waals surface area contributed by atoms with Crippen LogP contribution < -0.4 is 27.0 Å². The summed E-state index contributed by atoms with van der Waals surface area (Å²) in [5.41, 5.74) is 16.6. The maximum atomic E-state index is 9.61. The summed E-state index contributed by atoms with van der Waals surface area (Å²) in [6.07, 6.45) is 1.89.